The summed E-state index contributed by atoms with van der Waals surface area (Å²) in [6.45, 7) is 4.49. The molecule has 1 aromatic carbocycles. The molecule has 1 heterocycles. The highest BCUT2D eigenvalue weighted by atomic mass is 16.5. The Bertz CT molecular complexity index is 393. The molecule has 0 saturated carbocycles. The first-order valence-electron chi connectivity index (χ1n) is 5.75. The van der Waals surface area contributed by atoms with Gasteiger partial charge in [0.15, 0.2) is 0 Å². The van der Waals surface area contributed by atoms with Crippen molar-refractivity contribution in [1.82, 2.24) is 0 Å². The second-order valence-corrected chi connectivity index (χ2v) is 4.08. The van der Waals surface area contributed by atoms with E-state index in [4.69, 9.17) is 9.47 Å². The first kappa shape index (κ1) is 11.9. The van der Waals surface area contributed by atoms with Crippen LogP contribution in [0.1, 0.15) is 18.4 Å². The van der Waals surface area contributed by atoms with Crippen LogP contribution in [0.4, 0.5) is 0 Å². The minimum Gasteiger partial charge on any atom is -0.462 e. The van der Waals surface area contributed by atoms with Gasteiger partial charge in [0, 0.05) is 18.9 Å². The van der Waals surface area contributed by atoms with Gasteiger partial charge in [0.25, 0.3) is 0 Å². The van der Waals surface area contributed by atoms with Crippen molar-refractivity contribution >= 4 is 5.97 Å². The molecular weight excluding hydrogens is 216 g/mol. The van der Waals surface area contributed by atoms with E-state index < -0.39 is 0 Å². The van der Waals surface area contributed by atoms with E-state index in [1.54, 1.807) is 0 Å². The van der Waals surface area contributed by atoms with Gasteiger partial charge in [0.1, 0.15) is 0 Å². The Morgan fingerprint density at radius 3 is 2.71 bits per heavy atom. The monoisotopic (exact) mass is 232 g/mol. The van der Waals surface area contributed by atoms with E-state index in [0.29, 0.717) is 13.0 Å². The molecule has 1 aliphatic rings. The molecule has 2 rings (SSSR count). The summed E-state index contributed by atoms with van der Waals surface area (Å²) in [5.74, 6) is -0.382. The molecule has 0 bridgehead atoms. The molecule has 0 spiro atoms. The Hall–Kier alpha value is -1.61. The van der Waals surface area contributed by atoms with E-state index in [9.17, 15) is 4.79 Å². The van der Waals surface area contributed by atoms with Crippen molar-refractivity contribution in [2.75, 3.05) is 13.2 Å². The van der Waals surface area contributed by atoms with Crippen molar-refractivity contribution < 1.29 is 14.3 Å². The number of benzene rings is 1. The molecule has 1 aliphatic heterocycles. The topological polar surface area (TPSA) is 35.5 Å². The van der Waals surface area contributed by atoms with Gasteiger partial charge < -0.3 is 9.47 Å². The summed E-state index contributed by atoms with van der Waals surface area (Å²) < 4.78 is 10.7. The summed E-state index contributed by atoms with van der Waals surface area (Å²) in [5.41, 5.74) is 0.892. The predicted molar refractivity (Wildman–Crippen MR) is 64.5 cm³/mol. The molecule has 0 aromatic heterocycles. The van der Waals surface area contributed by atoms with Crippen LogP contribution in [0.3, 0.4) is 0 Å². The number of rotatable bonds is 5. The molecule has 90 valence electrons. The maximum absolute atomic E-state index is 11.0. The van der Waals surface area contributed by atoms with Gasteiger partial charge >= 0.3 is 5.97 Å². The average Bonchev–Trinajstić information content (AvgIpc) is 2.33. The zero-order valence-electron chi connectivity index (χ0n) is 9.72. The average molecular weight is 232 g/mol. The van der Waals surface area contributed by atoms with Crippen molar-refractivity contribution in [3.05, 3.63) is 48.6 Å². The molecule has 0 amide bonds. The van der Waals surface area contributed by atoms with E-state index in [1.807, 2.05) is 18.2 Å². The van der Waals surface area contributed by atoms with Crippen LogP contribution in [-0.2, 0) is 19.9 Å². The maximum atomic E-state index is 11.0. The second kappa shape index (κ2) is 5.15. The third-order valence-electron chi connectivity index (χ3n) is 3.10. The standard InChI is InChI=1S/C14H16O3/c1-2-13(15)16-10-8-14(9-11-17-14)12-6-4-3-5-7-12/h2-7H,1,8-11H2. The fraction of sp³-hybridized carbons (Fsp3) is 0.357. The SMILES string of the molecule is C=CC(=O)OCCC1(c2ccccc2)CCO1. The molecule has 0 radical (unpaired) electrons. The molecular formula is C14H16O3. The zero-order valence-corrected chi connectivity index (χ0v) is 9.72. The highest BCUT2D eigenvalue weighted by molar-refractivity contribution is 5.81. The number of hydrogen-bond acceptors (Lipinski definition) is 3. The molecule has 1 unspecified atom stereocenters. The van der Waals surface area contributed by atoms with Crippen molar-refractivity contribution in [3.8, 4) is 0 Å². The first-order chi connectivity index (χ1) is 8.27. The lowest BCUT2D eigenvalue weighted by atomic mass is 9.84. The molecule has 17 heavy (non-hydrogen) atoms. The van der Waals surface area contributed by atoms with E-state index >= 15 is 0 Å². The summed E-state index contributed by atoms with van der Waals surface area (Å²) in [7, 11) is 0. The largest absolute Gasteiger partial charge is 0.462 e. The minimum absolute atomic E-state index is 0.261. The van der Waals surface area contributed by atoms with E-state index in [-0.39, 0.29) is 11.6 Å². The van der Waals surface area contributed by atoms with Gasteiger partial charge in [-0.3, -0.25) is 0 Å². The van der Waals surface area contributed by atoms with Crippen LogP contribution in [-0.4, -0.2) is 19.2 Å². The third kappa shape index (κ3) is 2.56. The van der Waals surface area contributed by atoms with E-state index in [1.165, 1.54) is 6.08 Å². The molecule has 1 fully saturated rings. The number of hydrogen-bond donors (Lipinski definition) is 0. The van der Waals surface area contributed by atoms with Gasteiger partial charge in [-0.15, -0.1) is 0 Å². The molecule has 3 heteroatoms. The quantitative estimate of drug-likeness (QED) is 0.577. The first-order valence-corrected chi connectivity index (χ1v) is 5.75. The van der Waals surface area contributed by atoms with Crippen LogP contribution < -0.4 is 0 Å². The van der Waals surface area contributed by atoms with Crippen molar-refractivity contribution in [3.63, 3.8) is 0 Å². The van der Waals surface area contributed by atoms with Crippen molar-refractivity contribution in [2.24, 2.45) is 0 Å². The van der Waals surface area contributed by atoms with Crippen LogP contribution in [0.15, 0.2) is 43.0 Å². The fourth-order valence-corrected chi connectivity index (χ4v) is 2.03. The van der Waals surface area contributed by atoms with Crippen LogP contribution in [0.2, 0.25) is 0 Å². The van der Waals surface area contributed by atoms with Gasteiger partial charge in [0.05, 0.1) is 18.8 Å². The molecule has 3 nitrogen and oxygen atoms in total. The molecule has 1 saturated heterocycles. The summed E-state index contributed by atoms with van der Waals surface area (Å²) in [4.78, 5) is 11.0. The van der Waals surface area contributed by atoms with E-state index in [2.05, 4.69) is 18.7 Å². The maximum Gasteiger partial charge on any atom is 0.330 e. The van der Waals surface area contributed by atoms with Gasteiger partial charge in [-0.2, -0.15) is 0 Å². The Labute approximate surface area is 101 Å². The minimum atomic E-state index is -0.382. The second-order valence-electron chi connectivity index (χ2n) is 4.08. The molecule has 1 aromatic rings. The van der Waals surface area contributed by atoms with Crippen LogP contribution in [0, 0.1) is 0 Å². The zero-order chi connectivity index (χ0) is 12.1. The van der Waals surface area contributed by atoms with Gasteiger partial charge in [0.2, 0.25) is 0 Å². The smallest absolute Gasteiger partial charge is 0.330 e. The van der Waals surface area contributed by atoms with Gasteiger partial charge in [-0.05, 0) is 5.56 Å². The normalized spacial score (nSPS) is 22.6. The number of carbonyl (C=O) groups excluding carboxylic acids is 1. The van der Waals surface area contributed by atoms with Crippen molar-refractivity contribution in [1.29, 1.82) is 0 Å². The Balaban J connectivity index is 1.96. The molecule has 0 aliphatic carbocycles. The lowest BCUT2D eigenvalue weighted by Gasteiger charge is -2.42. The van der Waals surface area contributed by atoms with Crippen LogP contribution in [0.25, 0.3) is 0 Å². The van der Waals surface area contributed by atoms with Crippen LogP contribution >= 0.6 is 0 Å². The van der Waals surface area contributed by atoms with E-state index in [0.717, 1.165) is 18.6 Å². The number of carbonyl (C=O) groups is 1. The summed E-state index contributed by atoms with van der Waals surface area (Å²) in [6, 6.07) is 10.1. The highest BCUT2D eigenvalue weighted by Crippen LogP contribution is 2.40. The Kier molecular flexibility index (Phi) is 3.59. The molecule has 0 N–H and O–H groups in total. The predicted octanol–water partition coefficient (Wildman–Crippen LogP) is 2.42. The Morgan fingerprint density at radius 2 is 2.18 bits per heavy atom. The highest BCUT2D eigenvalue weighted by Gasteiger charge is 2.39. The number of esters is 1. The number of ether oxygens (including phenoxy) is 2. The molecule has 1 atom stereocenters. The van der Waals surface area contributed by atoms with Crippen molar-refractivity contribution in [2.45, 2.75) is 18.4 Å². The summed E-state index contributed by atoms with van der Waals surface area (Å²) >= 11 is 0. The lowest BCUT2D eigenvalue weighted by molar-refractivity contribution is -0.169. The summed E-state index contributed by atoms with van der Waals surface area (Å²) in [5, 5.41) is 0. The Morgan fingerprint density at radius 1 is 1.47 bits per heavy atom. The fourth-order valence-electron chi connectivity index (χ4n) is 2.03. The summed E-state index contributed by atoms with van der Waals surface area (Å²) in [6.07, 6.45) is 2.84. The van der Waals surface area contributed by atoms with Crippen LogP contribution in [0.5, 0.6) is 0 Å². The van der Waals surface area contributed by atoms with Gasteiger partial charge in [-0.1, -0.05) is 36.9 Å². The lowest BCUT2D eigenvalue weighted by Crippen LogP contribution is -2.41. The third-order valence-corrected chi connectivity index (χ3v) is 3.10. The van der Waals surface area contributed by atoms with Gasteiger partial charge in [-0.25, -0.2) is 4.79 Å².